The lowest BCUT2D eigenvalue weighted by Gasteiger charge is -2.22. The molecule has 0 saturated heterocycles. The minimum atomic E-state index is -0.568. The third kappa shape index (κ3) is 4.84. The van der Waals surface area contributed by atoms with E-state index in [0.717, 1.165) is 5.56 Å². The van der Waals surface area contributed by atoms with Crippen LogP contribution in [-0.4, -0.2) is 24.4 Å². The van der Waals surface area contributed by atoms with E-state index in [1.807, 2.05) is 24.3 Å². The van der Waals surface area contributed by atoms with Crippen LogP contribution in [0.4, 0.5) is 10.5 Å². The fourth-order valence-corrected chi connectivity index (χ4v) is 3.28. The van der Waals surface area contributed by atoms with E-state index in [1.165, 1.54) is 17.2 Å². The van der Waals surface area contributed by atoms with Crippen LogP contribution in [0.5, 0.6) is 11.5 Å². The monoisotopic (exact) mass is 454 g/mol. The maximum Gasteiger partial charge on any atom is 0.341 e. The second kappa shape index (κ2) is 9.44. The summed E-state index contributed by atoms with van der Waals surface area (Å²) < 4.78 is 10.9. The number of nitrogens with zero attached hydrogens (tertiary/aromatic N) is 1. The van der Waals surface area contributed by atoms with Crippen molar-refractivity contribution in [2.24, 2.45) is 0 Å². The van der Waals surface area contributed by atoms with Gasteiger partial charge in [0.05, 0.1) is 18.5 Å². The van der Waals surface area contributed by atoms with Crippen molar-refractivity contribution in [2.45, 2.75) is 13.0 Å². The molecule has 0 bridgehead atoms. The largest absolute Gasteiger partial charge is 0.459 e. The summed E-state index contributed by atoms with van der Waals surface area (Å²) in [7, 11) is 0. The standard InChI is InChI=1S/C22H19ClN4O5/c23-15-7-8-18-16(12-15)27(13-14-4-1-2-5-17(14)32-18)22(30)26-25-20(28)9-10-24-21(29)19-6-3-11-31-19/h1-8,11-12H,9-10,13H2,(H,24,29)(H,25,28)(H,26,30). The van der Waals surface area contributed by atoms with Crippen LogP contribution < -0.4 is 25.8 Å². The quantitative estimate of drug-likeness (QED) is 0.521. The summed E-state index contributed by atoms with van der Waals surface area (Å²) in [5.41, 5.74) is 6.00. The summed E-state index contributed by atoms with van der Waals surface area (Å²) in [4.78, 5) is 38.2. The molecule has 164 valence electrons. The number of carbonyl (C=O) groups excluding carboxylic acids is 3. The Bertz CT molecular complexity index is 1150. The third-order valence-corrected chi connectivity index (χ3v) is 4.90. The van der Waals surface area contributed by atoms with Gasteiger partial charge in [-0.2, -0.15) is 0 Å². The fourth-order valence-electron chi connectivity index (χ4n) is 3.11. The molecule has 0 fully saturated rings. The Morgan fingerprint density at radius 1 is 1.00 bits per heavy atom. The number of rotatable bonds is 4. The zero-order valence-corrected chi connectivity index (χ0v) is 17.5. The molecule has 0 aliphatic carbocycles. The fraction of sp³-hybridized carbons (Fsp3) is 0.136. The second-order valence-corrected chi connectivity index (χ2v) is 7.31. The first-order valence-corrected chi connectivity index (χ1v) is 10.1. The van der Waals surface area contributed by atoms with Gasteiger partial charge < -0.3 is 14.5 Å². The lowest BCUT2D eigenvalue weighted by molar-refractivity contribution is -0.121. The van der Waals surface area contributed by atoms with E-state index in [9.17, 15) is 14.4 Å². The van der Waals surface area contributed by atoms with Crippen molar-refractivity contribution in [3.05, 3.63) is 77.2 Å². The molecule has 3 aromatic rings. The van der Waals surface area contributed by atoms with Crippen LogP contribution in [0.15, 0.2) is 65.3 Å². The zero-order chi connectivity index (χ0) is 22.5. The van der Waals surface area contributed by atoms with E-state index in [4.69, 9.17) is 20.8 Å². The SMILES string of the molecule is O=C(CCNC(=O)c1ccco1)NNC(=O)N1Cc2ccccc2Oc2ccc(Cl)cc21. The van der Waals surface area contributed by atoms with E-state index in [0.29, 0.717) is 22.2 Å². The molecule has 0 radical (unpaired) electrons. The summed E-state index contributed by atoms with van der Waals surface area (Å²) >= 11 is 6.13. The summed E-state index contributed by atoms with van der Waals surface area (Å²) in [5, 5.41) is 3.00. The van der Waals surface area contributed by atoms with Crippen molar-refractivity contribution in [1.82, 2.24) is 16.2 Å². The van der Waals surface area contributed by atoms with E-state index < -0.39 is 17.8 Å². The molecule has 32 heavy (non-hydrogen) atoms. The van der Waals surface area contributed by atoms with Crippen molar-refractivity contribution in [2.75, 3.05) is 11.4 Å². The Morgan fingerprint density at radius 3 is 2.66 bits per heavy atom. The van der Waals surface area contributed by atoms with Crippen molar-refractivity contribution < 1.29 is 23.5 Å². The number of nitrogens with one attached hydrogen (secondary N) is 3. The van der Waals surface area contributed by atoms with Gasteiger partial charge in [-0.3, -0.25) is 19.9 Å². The van der Waals surface area contributed by atoms with Gasteiger partial charge in [0.15, 0.2) is 11.5 Å². The highest BCUT2D eigenvalue weighted by Crippen LogP contribution is 2.40. The molecular formula is C22H19ClN4O5. The number of ether oxygens (including phenoxy) is 1. The van der Waals surface area contributed by atoms with Crippen LogP contribution in [0.25, 0.3) is 0 Å². The Hall–Kier alpha value is -3.98. The van der Waals surface area contributed by atoms with Crippen molar-refractivity contribution in [3.63, 3.8) is 0 Å². The molecule has 4 rings (SSSR count). The number of amides is 4. The van der Waals surface area contributed by atoms with Gasteiger partial charge in [0.25, 0.3) is 5.91 Å². The number of hydrazine groups is 1. The van der Waals surface area contributed by atoms with E-state index in [2.05, 4.69) is 16.2 Å². The summed E-state index contributed by atoms with van der Waals surface area (Å²) in [6, 6.07) is 14.9. The Labute approximate surface area is 188 Å². The molecule has 4 amide bonds. The van der Waals surface area contributed by atoms with Crippen molar-refractivity contribution in [3.8, 4) is 11.5 Å². The maximum absolute atomic E-state index is 12.9. The van der Waals surface area contributed by atoms with Crippen LogP contribution in [-0.2, 0) is 11.3 Å². The summed E-state index contributed by atoms with van der Waals surface area (Å²) in [5.74, 6) is 0.336. The predicted octanol–water partition coefficient (Wildman–Crippen LogP) is 3.61. The Morgan fingerprint density at radius 2 is 1.84 bits per heavy atom. The molecule has 1 aliphatic heterocycles. The highest BCUT2D eigenvalue weighted by Gasteiger charge is 2.26. The number of para-hydroxylation sites is 1. The van der Waals surface area contributed by atoms with Gasteiger partial charge in [-0.1, -0.05) is 29.8 Å². The first-order valence-electron chi connectivity index (χ1n) is 9.74. The molecule has 1 aromatic heterocycles. The zero-order valence-electron chi connectivity index (χ0n) is 16.8. The molecular weight excluding hydrogens is 436 g/mol. The molecule has 0 saturated carbocycles. The number of halogens is 1. The number of hydrogen-bond acceptors (Lipinski definition) is 5. The molecule has 2 aromatic carbocycles. The van der Waals surface area contributed by atoms with Gasteiger partial charge in [-0.25, -0.2) is 10.2 Å². The summed E-state index contributed by atoms with van der Waals surface area (Å²) in [6.07, 6.45) is 1.34. The van der Waals surface area contributed by atoms with Gasteiger partial charge in [0, 0.05) is 23.6 Å². The second-order valence-electron chi connectivity index (χ2n) is 6.87. The highest BCUT2D eigenvalue weighted by atomic mass is 35.5. The number of carbonyl (C=O) groups is 3. The number of fused-ring (bicyclic) bond motifs is 2. The molecule has 10 heteroatoms. The Kier molecular flexibility index (Phi) is 6.27. The third-order valence-electron chi connectivity index (χ3n) is 4.67. The molecule has 0 spiro atoms. The van der Waals surface area contributed by atoms with E-state index in [-0.39, 0.29) is 25.3 Å². The molecule has 0 unspecified atom stereocenters. The maximum atomic E-state index is 12.9. The number of hydrogen-bond donors (Lipinski definition) is 3. The van der Waals surface area contributed by atoms with E-state index in [1.54, 1.807) is 24.3 Å². The molecule has 3 N–H and O–H groups in total. The average Bonchev–Trinajstić information content (AvgIpc) is 3.28. The molecule has 1 aliphatic rings. The number of furan rings is 1. The molecule has 9 nitrogen and oxygen atoms in total. The minimum Gasteiger partial charge on any atom is -0.459 e. The summed E-state index contributed by atoms with van der Waals surface area (Å²) in [6.45, 7) is 0.287. The normalized spacial score (nSPS) is 12.0. The number of anilines is 1. The first-order chi connectivity index (χ1) is 15.5. The molecule has 2 heterocycles. The lowest BCUT2D eigenvalue weighted by Crippen LogP contribution is -2.49. The van der Waals surface area contributed by atoms with Gasteiger partial charge >= 0.3 is 6.03 Å². The van der Waals surface area contributed by atoms with Crippen LogP contribution in [0.2, 0.25) is 5.02 Å². The molecule has 0 atom stereocenters. The van der Waals surface area contributed by atoms with Gasteiger partial charge in [0.1, 0.15) is 5.75 Å². The van der Waals surface area contributed by atoms with Crippen LogP contribution in [0.1, 0.15) is 22.5 Å². The van der Waals surface area contributed by atoms with E-state index >= 15 is 0 Å². The van der Waals surface area contributed by atoms with Crippen LogP contribution in [0.3, 0.4) is 0 Å². The predicted molar refractivity (Wildman–Crippen MR) is 116 cm³/mol. The number of urea groups is 1. The average molecular weight is 455 g/mol. The van der Waals surface area contributed by atoms with Crippen LogP contribution in [0, 0.1) is 0 Å². The smallest absolute Gasteiger partial charge is 0.341 e. The Balaban J connectivity index is 1.37. The topological polar surface area (TPSA) is 113 Å². The number of benzene rings is 2. The first kappa shape index (κ1) is 21.3. The van der Waals surface area contributed by atoms with Gasteiger partial charge in [-0.15, -0.1) is 0 Å². The van der Waals surface area contributed by atoms with Crippen molar-refractivity contribution >= 4 is 35.1 Å². The highest BCUT2D eigenvalue weighted by molar-refractivity contribution is 6.31. The van der Waals surface area contributed by atoms with Gasteiger partial charge in [-0.05, 0) is 36.4 Å². The minimum absolute atomic E-state index is 0.0406. The van der Waals surface area contributed by atoms with Crippen molar-refractivity contribution in [1.29, 1.82) is 0 Å². The van der Waals surface area contributed by atoms with Gasteiger partial charge in [0.2, 0.25) is 5.91 Å². The van der Waals surface area contributed by atoms with Crippen LogP contribution >= 0.6 is 11.6 Å². The lowest BCUT2D eigenvalue weighted by atomic mass is 10.2.